The molecule has 3 rings (SSSR count). The molecule has 0 atom stereocenters. The summed E-state index contributed by atoms with van der Waals surface area (Å²) in [4.78, 5) is 12.9. The molecule has 2 aromatic carbocycles. The monoisotopic (exact) mass is 403 g/mol. The third-order valence-corrected chi connectivity index (χ3v) is 7.05. The summed E-state index contributed by atoms with van der Waals surface area (Å²) >= 11 is 0. The number of Topliss-reactive ketones (excluding diaryl/α,β-unsaturated/α-hetero) is 1. The van der Waals surface area contributed by atoms with Gasteiger partial charge in [-0.05, 0) is 37.6 Å². The molecule has 0 unspecified atom stereocenters. The van der Waals surface area contributed by atoms with Gasteiger partial charge in [0.15, 0.2) is 5.78 Å². The summed E-state index contributed by atoms with van der Waals surface area (Å²) in [6, 6.07) is 14.1. The summed E-state index contributed by atoms with van der Waals surface area (Å²) in [5.41, 5.74) is 1.63. The zero-order valence-electron chi connectivity index (χ0n) is 16.3. The van der Waals surface area contributed by atoms with Crippen molar-refractivity contribution < 1.29 is 22.8 Å². The van der Waals surface area contributed by atoms with Crippen molar-refractivity contribution >= 4 is 15.8 Å². The van der Waals surface area contributed by atoms with Crippen molar-refractivity contribution in [1.29, 1.82) is 0 Å². The Labute approximate surface area is 166 Å². The maximum atomic E-state index is 12.8. The van der Waals surface area contributed by atoms with Crippen molar-refractivity contribution in [3.63, 3.8) is 0 Å². The van der Waals surface area contributed by atoms with Gasteiger partial charge in [-0.3, -0.25) is 4.79 Å². The second-order valence-electron chi connectivity index (χ2n) is 7.10. The Morgan fingerprint density at radius 3 is 2.32 bits per heavy atom. The molecule has 7 heteroatoms. The fraction of sp³-hybridized carbons (Fsp3) is 0.381. The molecule has 2 aromatic rings. The largest absolute Gasteiger partial charge is 0.487 e. The Morgan fingerprint density at radius 1 is 1.07 bits per heavy atom. The normalized spacial score (nSPS) is 16.1. The van der Waals surface area contributed by atoms with E-state index < -0.39 is 10.0 Å². The fourth-order valence-electron chi connectivity index (χ4n) is 3.33. The van der Waals surface area contributed by atoms with Crippen LogP contribution >= 0.6 is 0 Å². The molecule has 1 saturated heterocycles. The third kappa shape index (κ3) is 4.79. The first-order valence-corrected chi connectivity index (χ1v) is 10.9. The average molecular weight is 404 g/mol. The highest BCUT2D eigenvalue weighted by Crippen LogP contribution is 2.17. The first-order chi connectivity index (χ1) is 13.4. The molecule has 0 aliphatic carbocycles. The van der Waals surface area contributed by atoms with Gasteiger partial charge in [-0.15, -0.1) is 0 Å². The Kier molecular flexibility index (Phi) is 6.49. The highest BCUT2D eigenvalue weighted by atomic mass is 32.2. The van der Waals surface area contributed by atoms with Gasteiger partial charge in [0.05, 0.1) is 31.1 Å². The molecule has 150 valence electrons. The maximum absolute atomic E-state index is 12.8. The van der Waals surface area contributed by atoms with Crippen LogP contribution in [0.1, 0.15) is 22.8 Å². The standard InChI is InChI=1S/C21H26N2O4S/c1-17-5-3-4-6-21(17)27-16-15-22-11-13-23(14-12-22)28(25,26)20-9-7-19(8-10-20)18(2)24/h3-10H,11-16H2,1-2H3/p+1. The number of quaternary nitrogens is 1. The summed E-state index contributed by atoms with van der Waals surface area (Å²) in [6.07, 6.45) is 0. The first-order valence-electron chi connectivity index (χ1n) is 9.51. The summed E-state index contributed by atoms with van der Waals surface area (Å²) in [5.74, 6) is 0.825. The number of hydrogen-bond acceptors (Lipinski definition) is 4. The molecule has 0 aromatic heterocycles. The minimum absolute atomic E-state index is 0.0749. The zero-order chi connectivity index (χ0) is 20.1. The lowest BCUT2D eigenvalue weighted by Gasteiger charge is -2.31. The smallest absolute Gasteiger partial charge is 0.243 e. The molecule has 1 aliphatic rings. The van der Waals surface area contributed by atoms with Crippen LogP contribution in [0.5, 0.6) is 5.75 Å². The van der Waals surface area contributed by atoms with Crippen LogP contribution < -0.4 is 9.64 Å². The van der Waals surface area contributed by atoms with Gasteiger partial charge in [-0.1, -0.05) is 30.3 Å². The Bertz CT molecular complexity index is 918. The Hall–Kier alpha value is -2.22. The Morgan fingerprint density at radius 2 is 1.71 bits per heavy atom. The molecule has 0 saturated carbocycles. The van der Waals surface area contributed by atoms with E-state index >= 15 is 0 Å². The number of rotatable bonds is 7. The summed E-state index contributed by atoms with van der Waals surface area (Å²) in [7, 11) is -3.52. The lowest BCUT2D eigenvalue weighted by molar-refractivity contribution is -0.903. The van der Waals surface area contributed by atoms with Gasteiger partial charge in [0.2, 0.25) is 10.0 Å². The minimum Gasteiger partial charge on any atom is -0.487 e. The van der Waals surface area contributed by atoms with Crippen LogP contribution in [0.15, 0.2) is 53.4 Å². The van der Waals surface area contributed by atoms with Crippen molar-refractivity contribution in [1.82, 2.24) is 4.31 Å². The SMILES string of the molecule is CC(=O)c1ccc(S(=O)(=O)N2CC[NH+](CCOc3ccccc3C)CC2)cc1. The second-order valence-corrected chi connectivity index (χ2v) is 9.04. The maximum Gasteiger partial charge on any atom is 0.243 e. The molecule has 28 heavy (non-hydrogen) atoms. The number of benzene rings is 2. The van der Waals surface area contributed by atoms with Gasteiger partial charge in [0.25, 0.3) is 0 Å². The number of ketones is 1. The molecule has 0 amide bonds. The molecule has 0 spiro atoms. The van der Waals surface area contributed by atoms with Gasteiger partial charge in [0, 0.05) is 5.56 Å². The summed E-state index contributed by atoms with van der Waals surface area (Å²) < 4.78 is 33.0. The third-order valence-electron chi connectivity index (χ3n) is 5.13. The topological polar surface area (TPSA) is 68.1 Å². The molecule has 1 heterocycles. The molecular formula is C21H27N2O4S+. The Balaban J connectivity index is 1.51. The van der Waals surface area contributed by atoms with Crippen LogP contribution in [0, 0.1) is 6.92 Å². The number of para-hydroxylation sites is 1. The lowest BCUT2D eigenvalue weighted by atomic mass is 10.2. The van der Waals surface area contributed by atoms with Crippen LogP contribution in [0.3, 0.4) is 0 Å². The molecule has 0 bridgehead atoms. The number of aryl methyl sites for hydroxylation is 1. The van der Waals surface area contributed by atoms with E-state index in [1.165, 1.54) is 28.3 Å². The van der Waals surface area contributed by atoms with E-state index in [0.717, 1.165) is 30.9 Å². The van der Waals surface area contributed by atoms with Gasteiger partial charge in [0.1, 0.15) is 18.9 Å². The molecular weight excluding hydrogens is 376 g/mol. The number of nitrogens with one attached hydrogen (secondary N) is 1. The van der Waals surface area contributed by atoms with E-state index in [-0.39, 0.29) is 10.7 Å². The fourth-order valence-corrected chi connectivity index (χ4v) is 4.77. The number of carbonyl (C=O) groups is 1. The number of piperazine rings is 1. The van der Waals surface area contributed by atoms with Crippen LogP contribution in [0.4, 0.5) is 0 Å². The first kappa shape index (κ1) is 20.5. The van der Waals surface area contributed by atoms with Crippen molar-refractivity contribution in [3.05, 3.63) is 59.7 Å². The summed E-state index contributed by atoms with van der Waals surface area (Å²) in [6.45, 7) is 7.41. The molecule has 0 radical (unpaired) electrons. The molecule has 1 aliphatic heterocycles. The van der Waals surface area contributed by atoms with Crippen molar-refractivity contribution in [2.75, 3.05) is 39.3 Å². The minimum atomic E-state index is -3.52. The predicted octanol–water partition coefficient (Wildman–Crippen LogP) is 1.17. The van der Waals surface area contributed by atoms with Crippen molar-refractivity contribution in [2.45, 2.75) is 18.7 Å². The van der Waals surface area contributed by atoms with E-state index in [1.807, 2.05) is 31.2 Å². The predicted molar refractivity (Wildman–Crippen MR) is 107 cm³/mol. The second kappa shape index (κ2) is 8.86. The van der Waals surface area contributed by atoms with Crippen molar-refractivity contribution in [2.24, 2.45) is 0 Å². The number of hydrogen-bond donors (Lipinski definition) is 1. The van der Waals surface area contributed by atoms with Crippen LogP contribution in [0.2, 0.25) is 0 Å². The van der Waals surface area contributed by atoms with E-state index in [9.17, 15) is 13.2 Å². The zero-order valence-corrected chi connectivity index (χ0v) is 17.2. The molecule has 1 fully saturated rings. The highest BCUT2D eigenvalue weighted by molar-refractivity contribution is 7.89. The van der Waals surface area contributed by atoms with Crippen LogP contribution in [-0.4, -0.2) is 57.8 Å². The van der Waals surface area contributed by atoms with Gasteiger partial charge >= 0.3 is 0 Å². The summed E-state index contributed by atoms with van der Waals surface area (Å²) in [5, 5.41) is 0. The van der Waals surface area contributed by atoms with E-state index in [1.54, 1.807) is 12.1 Å². The quantitative estimate of drug-likeness (QED) is 0.705. The van der Waals surface area contributed by atoms with Gasteiger partial charge < -0.3 is 9.64 Å². The van der Waals surface area contributed by atoms with Gasteiger partial charge in [-0.2, -0.15) is 4.31 Å². The average Bonchev–Trinajstić information content (AvgIpc) is 2.70. The van der Waals surface area contributed by atoms with Crippen LogP contribution in [-0.2, 0) is 10.0 Å². The number of nitrogens with zero attached hydrogens (tertiary/aromatic N) is 1. The highest BCUT2D eigenvalue weighted by Gasteiger charge is 2.30. The van der Waals surface area contributed by atoms with Crippen molar-refractivity contribution in [3.8, 4) is 5.75 Å². The van der Waals surface area contributed by atoms with Crippen LogP contribution in [0.25, 0.3) is 0 Å². The lowest BCUT2D eigenvalue weighted by Crippen LogP contribution is -3.15. The number of sulfonamides is 1. The molecule has 6 nitrogen and oxygen atoms in total. The van der Waals surface area contributed by atoms with Gasteiger partial charge in [-0.25, -0.2) is 8.42 Å². The van der Waals surface area contributed by atoms with E-state index in [0.29, 0.717) is 25.3 Å². The van der Waals surface area contributed by atoms with E-state index in [4.69, 9.17) is 4.74 Å². The van der Waals surface area contributed by atoms with E-state index in [2.05, 4.69) is 0 Å². The number of carbonyl (C=O) groups excluding carboxylic acids is 1. The molecule has 1 N–H and O–H groups in total. The number of ether oxygens (including phenoxy) is 1.